The molecule has 2 N–H and O–H groups in total. The minimum atomic E-state index is -0.141. The summed E-state index contributed by atoms with van der Waals surface area (Å²) in [5.41, 5.74) is 1.83. The summed E-state index contributed by atoms with van der Waals surface area (Å²) in [5.74, 6) is 0.528. The zero-order valence-corrected chi connectivity index (χ0v) is 17.6. The predicted molar refractivity (Wildman–Crippen MR) is 110 cm³/mol. The Hall–Kier alpha value is -2.09. The Kier molecular flexibility index (Phi) is 8.09. The summed E-state index contributed by atoms with van der Waals surface area (Å²) in [6.45, 7) is 3.93. The van der Waals surface area contributed by atoms with Crippen molar-refractivity contribution in [3.8, 4) is 0 Å². The average Bonchev–Trinajstić information content (AvgIpc) is 2.67. The van der Waals surface area contributed by atoms with Gasteiger partial charge in [0.2, 0.25) is 5.91 Å². The Balaban J connectivity index is 1.76. The summed E-state index contributed by atoms with van der Waals surface area (Å²) in [6, 6.07) is 5.75. The second-order valence-electron chi connectivity index (χ2n) is 6.52. The first-order valence-electron chi connectivity index (χ1n) is 9.04. The number of methoxy groups -OCH3 is 1. The van der Waals surface area contributed by atoms with E-state index in [-0.39, 0.29) is 17.8 Å². The van der Waals surface area contributed by atoms with Crippen molar-refractivity contribution in [2.75, 3.05) is 39.1 Å². The number of likely N-dealkylation sites (tertiary alicyclic amines) is 1. The van der Waals surface area contributed by atoms with Gasteiger partial charge in [-0.15, -0.1) is 0 Å². The number of rotatable bonds is 5. The number of carbonyl (C=O) groups is 2. The van der Waals surface area contributed by atoms with E-state index in [1.807, 2.05) is 25.1 Å². The number of halogens is 1. The van der Waals surface area contributed by atoms with Crippen LogP contribution in [-0.2, 0) is 14.3 Å². The monoisotopic (exact) mass is 438 g/mol. The molecule has 0 saturated carbocycles. The molecule has 0 atom stereocenters. The summed E-state index contributed by atoms with van der Waals surface area (Å²) in [7, 11) is 3.15. The number of hydrogen-bond donors (Lipinski definition) is 2. The molecule has 1 fully saturated rings. The number of benzene rings is 1. The van der Waals surface area contributed by atoms with Crippen molar-refractivity contribution in [1.82, 2.24) is 10.2 Å². The zero-order chi connectivity index (χ0) is 19.8. The Bertz CT molecular complexity index is 700. The molecular weight excluding hydrogens is 412 g/mol. The van der Waals surface area contributed by atoms with Crippen molar-refractivity contribution in [3.05, 3.63) is 28.2 Å². The first-order valence-corrected chi connectivity index (χ1v) is 9.83. The van der Waals surface area contributed by atoms with Crippen LogP contribution in [0.4, 0.5) is 5.69 Å². The lowest BCUT2D eigenvalue weighted by atomic mass is 9.97. The second kappa shape index (κ2) is 10.3. The van der Waals surface area contributed by atoms with Crippen LogP contribution in [-0.4, -0.2) is 56.5 Å². The van der Waals surface area contributed by atoms with Crippen LogP contribution < -0.4 is 10.6 Å². The molecule has 0 radical (unpaired) electrons. The summed E-state index contributed by atoms with van der Waals surface area (Å²) in [5, 5.41) is 6.16. The molecule has 1 aliphatic rings. The van der Waals surface area contributed by atoms with Gasteiger partial charge in [-0.05, 0) is 43.5 Å². The van der Waals surface area contributed by atoms with Crippen molar-refractivity contribution in [2.45, 2.75) is 26.2 Å². The molecule has 7 nitrogen and oxygen atoms in total. The summed E-state index contributed by atoms with van der Waals surface area (Å²) >= 11 is 3.42. The molecule has 0 bridgehead atoms. The van der Waals surface area contributed by atoms with Gasteiger partial charge in [-0.3, -0.25) is 14.6 Å². The van der Waals surface area contributed by atoms with Gasteiger partial charge in [-0.2, -0.15) is 0 Å². The SMILES string of the molecule is CN=C(NCCC(=O)Nc1ccc(Br)cc1C)N1CCC(C(=O)OC)CC1. The Morgan fingerprint density at radius 2 is 2.04 bits per heavy atom. The standard InChI is InChI=1S/C19H27BrN4O3/c1-13-12-15(20)4-5-16(13)23-17(25)6-9-22-19(21-2)24-10-7-14(8-11-24)18(26)27-3/h4-5,12,14H,6-11H2,1-3H3,(H,21,22)(H,23,25). The minimum Gasteiger partial charge on any atom is -0.469 e. The van der Waals surface area contributed by atoms with Crippen molar-refractivity contribution < 1.29 is 14.3 Å². The van der Waals surface area contributed by atoms with Crippen LogP contribution in [0.25, 0.3) is 0 Å². The first kappa shape index (κ1) is 21.2. The number of piperidine rings is 1. The molecule has 0 aromatic heterocycles. The van der Waals surface area contributed by atoms with E-state index in [2.05, 4.69) is 36.5 Å². The topological polar surface area (TPSA) is 83.0 Å². The number of amides is 1. The summed E-state index contributed by atoms with van der Waals surface area (Å²) in [6.07, 6.45) is 1.83. The number of hydrogen-bond acceptors (Lipinski definition) is 4. The van der Waals surface area contributed by atoms with Gasteiger partial charge >= 0.3 is 5.97 Å². The van der Waals surface area contributed by atoms with Crippen molar-refractivity contribution in [1.29, 1.82) is 0 Å². The van der Waals surface area contributed by atoms with E-state index >= 15 is 0 Å². The summed E-state index contributed by atoms with van der Waals surface area (Å²) < 4.78 is 5.80. The first-order chi connectivity index (χ1) is 12.9. The molecule has 1 aromatic rings. The molecule has 1 aromatic carbocycles. The molecule has 148 valence electrons. The molecule has 1 saturated heterocycles. The van der Waals surface area contributed by atoms with Crippen LogP contribution in [0.1, 0.15) is 24.8 Å². The van der Waals surface area contributed by atoms with Gasteiger partial charge < -0.3 is 20.3 Å². The Labute approximate surface area is 168 Å². The van der Waals surface area contributed by atoms with Gasteiger partial charge in [-0.25, -0.2) is 0 Å². The lowest BCUT2D eigenvalue weighted by Gasteiger charge is -2.33. The van der Waals surface area contributed by atoms with E-state index in [1.165, 1.54) is 7.11 Å². The fourth-order valence-corrected chi connectivity index (χ4v) is 3.57. The lowest BCUT2D eigenvalue weighted by molar-refractivity contribution is -0.146. The van der Waals surface area contributed by atoms with Gasteiger partial charge in [-0.1, -0.05) is 15.9 Å². The van der Waals surface area contributed by atoms with Crippen LogP contribution >= 0.6 is 15.9 Å². The van der Waals surface area contributed by atoms with Crippen molar-refractivity contribution in [2.24, 2.45) is 10.9 Å². The Morgan fingerprint density at radius 1 is 1.33 bits per heavy atom. The average molecular weight is 439 g/mol. The van der Waals surface area contributed by atoms with Crippen LogP contribution in [0.15, 0.2) is 27.7 Å². The van der Waals surface area contributed by atoms with Gasteiger partial charge in [0.15, 0.2) is 5.96 Å². The fraction of sp³-hybridized carbons (Fsp3) is 0.526. The summed E-state index contributed by atoms with van der Waals surface area (Å²) in [4.78, 5) is 30.2. The van der Waals surface area contributed by atoms with Gasteiger partial charge in [0, 0.05) is 43.3 Å². The van der Waals surface area contributed by atoms with Gasteiger partial charge in [0.05, 0.1) is 13.0 Å². The molecule has 0 spiro atoms. The van der Waals surface area contributed by atoms with Gasteiger partial charge in [0.25, 0.3) is 0 Å². The number of esters is 1. The van der Waals surface area contributed by atoms with Crippen molar-refractivity contribution in [3.63, 3.8) is 0 Å². The van der Waals surface area contributed by atoms with Crippen LogP contribution in [0.3, 0.4) is 0 Å². The molecule has 8 heteroatoms. The molecule has 2 rings (SSSR count). The third-order valence-corrected chi connectivity index (χ3v) is 5.13. The Morgan fingerprint density at radius 3 is 2.63 bits per heavy atom. The smallest absolute Gasteiger partial charge is 0.308 e. The number of nitrogens with zero attached hydrogens (tertiary/aromatic N) is 2. The molecule has 27 heavy (non-hydrogen) atoms. The zero-order valence-electron chi connectivity index (χ0n) is 16.0. The van der Waals surface area contributed by atoms with Crippen LogP contribution in [0, 0.1) is 12.8 Å². The maximum absolute atomic E-state index is 12.2. The number of anilines is 1. The number of ether oxygens (including phenoxy) is 1. The highest BCUT2D eigenvalue weighted by molar-refractivity contribution is 9.10. The molecule has 1 amide bonds. The molecule has 1 heterocycles. The number of guanidine groups is 1. The van der Waals surface area contributed by atoms with Gasteiger partial charge in [0.1, 0.15) is 0 Å². The van der Waals surface area contributed by atoms with E-state index in [1.54, 1.807) is 7.05 Å². The molecule has 0 aliphatic carbocycles. The van der Waals surface area contributed by atoms with E-state index in [0.717, 1.165) is 47.6 Å². The maximum Gasteiger partial charge on any atom is 0.308 e. The molecule has 0 unspecified atom stereocenters. The lowest BCUT2D eigenvalue weighted by Crippen LogP contribution is -2.47. The van der Waals surface area contributed by atoms with Crippen LogP contribution in [0.2, 0.25) is 0 Å². The highest BCUT2D eigenvalue weighted by Crippen LogP contribution is 2.20. The third-order valence-electron chi connectivity index (χ3n) is 4.64. The third kappa shape index (κ3) is 6.23. The highest BCUT2D eigenvalue weighted by atomic mass is 79.9. The van der Waals surface area contributed by atoms with E-state index in [0.29, 0.717) is 13.0 Å². The molecule has 1 aliphatic heterocycles. The number of nitrogens with one attached hydrogen (secondary N) is 2. The largest absolute Gasteiger partial charge is 0.469 e. The fourth-order valence-electron chi connectivity index (χ4n) is 3.09. The van der Waals surface area contributed by atoms with Crippen LogP contribution in [0.5, 0.6) is 0 Å². The normalized spacial score (nSPS) is 15.4. The van der Waals surface area contributed by atoms with E-state index < -0.39 is 0 Å². The van der Waals surface area contributed by atoms with E-state index in [9.17, 15) is 9.59 Å². The second-order valence-corrected chi connectivity index (χ2v) is 7.43. The minimum absolute atomic E-state index is 0.0377. The van der Waals surface area contributed by atoms with Crippen molar-refractivity contribution >= 4 is 39.5 Å². The maximum atomic E-state index is 12.2. The van der Waals surface area contributed by atoms with E-state index in [4.69, 9.17) is 4.74 Å². The number of aliphatic imine (C=N–C) groups is 1. The predicted octanol–water partition coefficient (Wildman–Crippen LogP) is 2.55. The number of aryl methyl sites for hydroxylation is 1. The quantitative estimate of drug-likeness (QED) is 0.419. The molecular formula is C19H27BrN4O3. The highest BCUT2D eigenvalue weighted by Gasteiger charge is 2.26. The number of carbonyl (C=O) groups excluding carboxylic acids is 2.